The second-order valence-corrected chi connectivity index (χ2v) is 4.44. The summed E-state index contributed by atoms with van der Waals surface area (Å²) in [7, 11) is 0. The topological polar surface area (TPSA) is 75.6 Å². The average molecular weight is 269 g/mol. The first-order chi connectivity index (χ1) is 8.15. The van der Waals surface area contributed by atoms with Crippen LogP contribution in [0.1, 0.15) is 19.8 Å². The summed E-state index contributed by atoms with van der Waals surface area (Å²) in [6.07, 6.45) is -3.16. The molecule has 0 radical (unpaired) electrons. The summed E-state index contributed by atoms with van der Waals surface area (Å²) in [6.45, 7) is -1.00. The van der Waals surface area contributed by atoms with Crippen LogP contribution >= 0.6 is 0 Å². The molecule has 1 atom stereocenters. The Morgan fingerprint density at radius 1 is 1.39 bits per heavy atom. The van der Waals surface area contributed by atoms with E-state index in [-0.39, 0.29) is 5.92 Å². The van der Waals surface area contributed by atoms with Crippen molar-refractivity contribution >= 4 is 11.9 Å². The predicted octanol–water partition coefficient (Wildman–Crippen LogP) is 0.935. The Hall–Kier alpha value is -1.31. The van der Waals surface area contributed by atoms with Gasteiger partial charge in [-0.25, -0.2) is 4.79 Å². The van der Waals surface area contributed by atoms with Crippen molar-refractivity contribution in [2.45, 2.75) is 31.5 Å². The molecule has 1 unspecified atom stereocenters. The summed E-state index contributed by atoms with van der Waals surface area (Å²) < 4.78 is 39.4. The van der Waals surface area contributed by atoms with E-state index in [4.69, 9.17) is 5.11 Å². The van der Waals surface area contributed by atoms with Crippen LogP contribution in [0, 0.1) is 5.92 Å². The molecule has 1 aliphatic rings. The highest BCUT2D eigenvalue weighted by molar-refractivity contribution is 5.87. The molecule has 0 bridgehead atoms. The standard InChI is InChI=1S/C10H14F3NO4/c1-9(8(16)17,6-2-3-6)14-7(15)4-18-5-10(11,12)13/h6H,2-5H2,1H3,(H,14,15)(H,16,17). The van der Waals surface area contributed by atoms with E-state index in [1.807, 2.05) is 0 Å². The van der Waals surface area contributed by atoms with Crippen molar-refractivity contribution in [3.63, 3.8) is 0 Å². The number of alkyl halides is 3. The van der Waals surface area contributed by atoms with E-state index in [9.17, 15) is 22.8 Å². The molecule has 0 saturated heterocycles. The minimum absolute atomic E-state index is 0.179. The summed E-state index contributed by atoms with van der Waals surface area (Å²) in [6, 6.07) is 0. The van der Waals surface area contributed by atoms with Crippen molar-refractivity contribution in [2.75, 3.05) is 13.2 Å². The van der Waals surface area contributed by atoms with Gasteiger partial charge in [0.05, 0.1) is 0 Å². The van der Waals surface area contributed by atoms with Crippen LogP contribution in [0.15, 0.2) is 0 Å². The van der Waals surface area contributed by atoms with Crippen molar-refractivity contribution in [2.24, 2.45) is 5.92 Å². The molecule has 0 aromatic heterocycles. The highest BCUT2D eigenvalue weighted by Gasteiger charge is 2.48. The molecule has 0 heterocycles. The summed E-state index contributed by atoms with van der Waals surface area (Å²) >= 11 is 0. The maximum atomic E-state index is 11.8. The molecule has 2 N–H and O–H groups in total. The lowest BCUT2D eigenvalue weighted by molar-refractivity contribution is -0.176. The van der Waals surface area contributed by atoms with Crippen LogP contribution in [-0.4, -0.2) is 41.9 Å². The van der Waals surface area contributed by atoms with Gasteiger partial charge in [-0.2, -0.15) is 13.2 Å². The number of halogens is 3. The molecule has 8 heteroatoms. The number of amides is 1. The van der Waals surface area contributed by atoms with Crippen molar-refractivity contribution in [3.8, 4) is 0 Å². The van der Waals surface area contributed by atoms with E-state index >= 15 is 0 Å². The molecule has 0 aromatic rings. The maximum absolute atomic E-state index is 11.8. The minimum atomic E-state index is -4.51. The SMILES string of the molecule is CC(NC(=O)COCC(F)(F)F)(C(=O)O)C1CC1. The fourth-order valence-electron chi connectivity index (χ4n) is 1.58. The average Bonchev–Trinajstić information content (AvgIpc) is 2.97. The lowest BCUT2D eigenvalue weighted by atomic mass is 9.96. The molecule has 0 spiro atoms. The van der Waals surface area contributed by atoms with Crippen LogP contribution in [0.3, 0.4) is 0 Å². The summed E-state index contributed by atoms with van der Waals surface area (Å²) in [4.78, 5) is 22.4. The number of carbonyl (C=O) groups is 2. The molecule has 0 aliphatic heterocycles. The number of nitrogens with one attached hydrogen (secondary N) is 1. The predicted molar refractivity (Wildman–Crippen MR) is 53.8 cm³/mol. The fraction of sp³-hybridized carbons (Fsp3) is 0.800. The number of rotatable bonds is 6. The molecule has 1 fully saturated rings. The first kappa shape index (κ1) is 14.7. The highest BCUT2D eigenvalue weighted by Crippen LogP contribution is 2.39. The first-order valence-electron chi connectivity index (χ1n) is 5.34. The molecule has 18 heavy (non-hydrogen) atoms. The van der Waals surface area contributed by atoms with Crippen LogP contribution in [0.5, 0.6) is 0 Å². The van der Waals surface area contributed by atoms with Crippen LogP contribution < -0.4 is 5.32 Å². The normalized spacial score (nSPS) is 19.1. The molecular formula is C10H14F3NO4. The van der Waals surface area contributed by atoms with Gasteiger partial charge in [-0.1, -0.05) is 0 Å². The van der Waals surface area contributed by atoms with Gasteiger partial charge in [-0.3, -0.25) is 4.79 Å². The third-order valence-electron chi connectivity index (χ3n) is 2.74. The van der Waals surface area contributed by atoms with E-state index in [1.165, 1.54) is 6.92 Å². The van der Waals surface area contributed by atoms with Crippen LogP contribution in [-0.2, 0) is 14.3 Å². The Balaban J connectivity index is 2.41. The molecule has 5 nitrogen and oxygen atoms in total. The van der Waals surface area contributed by atoms with Gasteiger partial charge >= 0.3 is 12.1 Å². The summed E-state index contributed by atoms with van der Waals surface area (Å²) in [5, 5.41) is 11.2. The van der Waals surface area contributed by atoms with Gasteiger partial charge in [-0.15, -0.1) is 0 Å². The third-order valence-corrected chi connectivity index (χ3v) is 2.74. The quantitative estimate of drug-likeness (QED) is 0.752. The Kier molecular flexibility index (Phi) is 4.20. The van der Waals surface area contributed by atoms with Gasteiger partial charge in [-0.05, 0) is 25.7 Å². The third kappa shape index (κ3) is 4.17. The van der Waals surface area contributed by atoms with E-state index in [2.05, 4.69) is 10.1 Å². The Morgan fingerprint density at radius 3 is 2.33 bits per heavy atom. The van der Waals surface area contributed by atoms with Crippen molar-refractivity contribution in [1.82, 2.24) is 5.32 Å². The molecule has 1 amide bonds. The van der Waals surface area contributed by atoms with Gasteiger partial charge < -0.3 is 15.2 Å². The Morgan fingerprint density at radius 2 is 1.94 bits per heavy atom. The van der Waals surface area contributed by atoms with Gasteiger partial charge in [0.2, 0.25) is 5.91 Å². The lowest BCUT2D eigenvalue weighted by Gasteiger charge is -2.26. The fourth-order valence-corrected chi connectivity index (χ4v) is 1.58. The number of carboxylic acid groups (broad SMARTS) is 1. The number of carboxylic acids is 1. The molecule has 1 aliphatic carbocycles. The zero-order chi connectivity index (χ0) is 14.0. The Bertz CT molecular complexity index is 341. The number of aliphatic carboxylic acids is 1. The molecule has 104 valence electrons. The summed E-state index contributed by atoms with van der Waals surface area (Å²) in [5.41, 5.74) is -1.43. The van der Waals surface area contributed by atoms with E-state index < -0.39 is 36.8 Å². The molecule has 0 aromatic carbocycles. The van der Waals surface area contributed by atoms with Gasteiger partial charge in [0.25, 0.3) is 0 Å². The number of ether oxygens (including phenoxy) is 1. The monoisotopic (exact) mass is 269 g/mol. The van der Waals surface area contributed by atoms with Gasteiger partial charge in [0.15, 0.2) is 0 Å². The van der Waals surface area contributed by atoms with Crippen molar-refractivity contribution < 1.29 is 32.6 Å². The van der Waals surface area contributed by atoms with Crippen molar-refractivity contribution in [3.05, 3.63) is 0 Å². The lowest BCUT2D eigenvalue weighted by Crippen LogP contribution is -2.55. The Labute approximate surface area is 101 Å². The van der Waals surface area contributed by atoms with E-state index in [0.717, 1.165) is 0 Å². The zero-order valence-corrected chi connectivity index (χ0v) is 9.71. The molecular weight excluding hydrogens is 255 g/mol. The highest BCUT2D eigenvalue weighted by atomic mass is 19.4. The largest absolute Gasteiger partial charge is 0.480 e. The van der Waals surface area contributed by atoms with Gasteiger partial charge in [0, 0.05) is 0 Å². The van der Waals surface area contributed by atoms with Crippen LogP contribution in [0.2, 0.25) is 0 Å². The molecule has 1 rings (SSSR count). The molecule has 1 saturated carbocycles. The zero-order valence-electron chi connectivity index (χ0n) is 9.71. The van der Waals surface area contributed by atoms with Crippen LogP contribution in [0.25, 0.3) is 0 Å². The van der Waals surface area contributed by atoms with E-state index in [0.29, 0.717) is 12.8 Å². The van der Waals surface area contributed by atoms with Gasteiger partial charge in [0.1, 0.15) is 18.8 Å². The smallest absolute Gasteiger partial charge is 0.411 e. The first-order valence-corrected chi connectivity index (χ1v) is 5.34. The van der Waals surface area contributed by atoms with E-state index in [1.54, 1.807) is 0 Å². The minimum Gasteiger partial charge on any atom is -0.480 e. The number of hydrogen-bond donors (Lipinski definition) is 2. The summed E-state index contributed by atoms with van der Waals surface area (Å²) in [5.74, 6) is -2.24. The second kappa shape index (κ2) is 5.13. The number of hydrogen-bond acceptors (Lipinski definition) is 3. The second-order valence-electron chi connectivity index (χ2n) is 4.44. The van der Waals surface area contributed by atoms with Crippen molar-refractivity contribution in [1.29, 1.82) is 0 Å². The van der Waals surface area contributed by atoms with Crippen LogP contribution in [0.4, 0.5) is 13.2 Å². The number of carbonyl (C=O) groups excluding carboxylic acids is 1. The maximum Gasteiger partial charge on any atom is 0.411 e.